The number of nitrogens with zero attached hydrogens (tertiary/aromatic N) is 2. The maximum absolute atomic E-state index is 7.32. The summed E-state index contributed by atoms with van der Waals surface area (Å²) in [5.74, 6) is 0. The number of rotatable bonds is 5. The monoisotopic (exact) mass is 796 g/mol. The first-order valence-electron chi connectivity index (χ1n) is 20.5. The van der Waals surface area contributed by atoms with Crippen molar-refractivity contribution in [1.29, 1.82) is 0 Å². The normalized spacial score (nSPS) is 11.7. The molecule has 10 rings (SSSR count). The lowest BCUT2D eigenvalue weighted by molar-refractivity contribution is 1.18. The maximum atomic E-state index is 7.32. The molecule has 2 nitrogen and oxygen atoms in total. The molecule has 10 aromatic rings. The van der Waals surface area contributed by atoms with Crippen LogP contribution in [-0.2, 0) is 0 Å². The van der Waals surface area contributed by atoms with Crippen molar-refractivity contribution in [2.24, 2.45) is 0 Å². The second-order valence-corrected chi connectivity index (χ2v) is 16.4. The molecule has 8 aromatic carbocycles. The third-order valence-corrected chi connectivity index (χ3v) is 12.9. The average Bonchev–Trinajstić information content (AvgIpc) is 3.85. The van der Waals surface area contributed by atoms with Gasteiger partial charge in [-0.05, 0) is 69.1 Å². The van der Waals surface area contributed by atoms with Crippen LogP contribution in [-0.4, -0.2) is 135 Å². The Bertz CT molecular complexity index is 3720. The molecule has 0 N–H and O–H groups in total. The van der Waals surface area contributed by atoms with Gasteiger partial charge in [-0.1, -0.05) is 127 Å². The summed E-state index contributed by atoms with van der Waals surface area (Å²) < 4.78 is 3.77. The minimum absolute atomic E-state index is 0.00461. The second-order valence-electron chi connectivity index (χ2n) is 16.4. The van der Waals surface area contributed by atoms with E-state index in [9.17, 15) is 0 Å². The van der Waals surface area contributed by atoms with Crippen LogP contribution in [0.1, 0.15) is 0 Å². The molecule has 0 unspecified atom stereocenters. The van der Waals surface area contributed by atoms with E-state index < -0.39 is 0 Å². The van der Waals surface area contributed by atoms with E-state index in [1.165, 1.54) is 4.57 Å². The number of aromatic nitrogens is 2. The van der Waals surface area contributed by atoms with Crippen LogP contribution in [0.3, 0.4) is 0 Å². The molecule has 0 aliphatic heterocycles. The summed E-state index contributed by atoms with van der Waals surface area (Å²) >= 11 is 0. The molecule has 0 bridgehead atoms. The minimum Gasteiger partial charge on any atom is -0.312 e. The molecule has 0 amide bonds. The quantitative estimate of drug-likeness (QED) is 0.154. The lowest BCUT2D eigenvalue weighted by atomic mass is 9.56. The summed E-state index contributed by atoms with van der Waals surface area (Å²) in [6.45, 7) is 0. The first-order valence-corrected chi connectivity index (χ1v) is 20.5. The molecule has 32 radical (unpaired) electrons. The van der Waals surface area contributed by atoms with Crippen LogP contribution in [0.15, 0.2) is 97.1 Å². The van der Waals surface area contributed by atoms with Gasteiger partial charge in [0, 0.05) is 38.6 Å². The molecule has 0 fully saturated rings. The van der Waals surface area contributed by atoms with Crippen molar-refractivity contribution in [2.45, 2.75) is 0 Å². The minimum atomic E-state index is -0.103. The predicted octanol–water partition coefficient (Wildman–Crippen LogP) is -6.42. The average molecular weight is 794 g/mol. The largest absolute Gasteiger partial charge is 0.312 e. The van der Waals surface area contributed by atoms with Gasteiger partial charge in [0.1, 0.15) is 126 Å². The number of hydrogen-bond acceptors (Lipinski definition) is 0. The van der Waals surface area contributed by atoms with Crippen LogP contribution >= 0.6 is 0 Å². The Labute approximate surface area is 405 Å². The molecule has 0 spiro atoms. The number of benzene rings is 8. The molecule has 2 aromatic heterocycles. The Morgan fingerprint density at radius 2 is 0.742 bits per heavy atom. The topological polar surface area (TPSA) is 9.86 Å². The molecule has 266 valence electrons. The van der Waals surface area contributed by atoms with Crippen molar-refractivity contribution in [1.82, 2.24) is 9.13 Å². The Morgan fingerprint density at radius 1 is 0.273 bits per heavy atom. The van der Waals surface area contributed by atoms with Crippen molar-refractivity contribution in [3.8, 4) is 44.8 Å². The van der Waals surface area contributed by atoms with Gasteiger partial charge in [0.05, 0.1) is 11.0 Å². The van der Waals surface area contributed by atoms with E-state index >= 15 is 0 Å². The number of hydrogen-bond donors (Lipinski definition) is 0. The predicted molar refractivity (Wildman–Crippen MR) is 298 cm³/mol. The molecule has 18 heteroatoms. The Hall–Kier alpha value is -5.60. The van der Waals surface area contributed by atoms with Gasteiger partial charge in [0.25, 0.3) is 0 Å². The van der Waals surface area contributed by atoms with E-state index in [2.05, 4.69) is 53.1 Å². The molecule has 2 heterocycles. The van der Waals surface area contributed by atoms with Gasteiger partial charge in [-0.2, -0.15) is 0 Å². The number of fused-ring (bicyclic) bond motifs is 6. The van der Waals surface area contributed by atoms with Gasteiger partial charge in [-0.3, -0.25) is 0 Å². The fraction of sp³-hybridized carbons (Fsp3) is 0. The fourth-order valence-corrected chi connectivity index (χ4v) is 9.53. The van der Waals surface area contributed by atoms with Crippen LogP contribution in [0.2, 0.25) is 0 Å². The molecule has 0 aliphatic carbocycles. The highest BCUT2D eigenvalue weighted by atomic mass is 15.0. The molecule has 0 atom stereocenters. The lowest BCUT2D eigenvalue weighted by Gasteiger charge is -2.29. The SMILES string of the molecule is [B]c1c([B])c([B])c(-c2c([B])c([B])c(-n3c4c([B])c([B])c([B])c([B])c4c4c([B])c(-c5ccc6c(c5)c5ccccc5n6-c5cccc(-c6ccccc6)c5)c([B])c([B])c43)c([B])c2[B])c([B])c1[B]. The zero-order chi connectivity index (χ0) is 46.9. The van der Waals surface area contributed by atoms with Gasteiger partial charge in [0.15, 0.2) is 0 Å². The third kappa shape index (κ3) is 6.18. The van der Waals surface area contributed by atoms with Crippen molar-refractivity contribution < 1.29 is 0 Å². The van der Waals surface area contributed by atoms with Gasteiger partial charge in [-0.25, -0.2) is 0 Å². The molecular formula is C48H16B16N2. The van der Waals surface area contributed by atoms with Gasteiger partial charge in [-0.15, -0.1) is 27.3 Å². The van der Waals surface area contributed by atoms with Crippen molar-refractivity contribution in [3.05, 3.63) is 97.1 Å². The summed E-state index contributed by atoms with van der Waals surface area (Å²) in [5, 5.41) is 2.56. The van der Waals surface area contributed by atoms with E-state index in [1.807, 2.05) is 48.5 Å². The maximum Gasteiger partial charge on any atom is 0.115 e. The van der Waals surface area contributed by atoms with E-state index in [4.69, 9.17) is 126 Å². The Morgan fingerprint density at radius 3 is 1.38 bits per heavy atom. The third-order valence-electron chi connectivity index (χ3n) is 12.9. The lowest BCUT2D eigenvalue weighted by Crippen LogP contribution is -2.57. The fourth-order valence-electron chi connectivity index (χ4n) is 9.53. The van der Waals surface area contributed by atoms with Crippen LogP contribution < -0.4 is 87.4 Å². The van der Waals surface area contributed by atoms with E-state index in [0.717, 1.165) is 38.6 Å². The summed E-state index contributed by atoms with van der Waals surface area (Å²) in [5.41, 5.74) is 6.68. The molecule has 0 saturated carbocycles. The highest BCUT2D eigenvalue weighted by molar-refractivity contribution is 6.72. The summed E-state index contributed by atoms with van der Waals surface area (Å²) in [6, 6.07) is 32.8. The number of para-hydroxylation sites is 1. The standard InChI is InChI=1S/C48H16B16N2/c49-30-25(19-13-14-24-22(16-19)21-11-4-5-12-23(21)65(24)20-10-6-9-18(15-20)17-7-2-1-3-8-17)31(50)42(61)46-28(30)29-36(55)39(58)41(60)45(64)47(29)66(46)48-43(62)34(53)27(35(54)44(48)63)26-32(51)37(56)40(59)38(57)33(26)52/h1-16H. The van der Waals surface area contributed by atoms with Gasteiger partial charge in [0.2, 0.25) is 0 Å². The van der Waals surface area contributed by atoms with Gasteiger partial charge >= 0.3 is 0 Å². The van der Waals surface area contributed by atoms with Crippen molar-refractivity contribution in [3.63, 3.8) is 0 Å². The van der Waals surface area contributed by atoms with Crippen LogP contribution in [0.25, 0.3) is 88.4 Å². The zero-order valence-corrected chi connectivity index (χ0v) is 35.4. The zero-order valence-electron chi connectivity index (χ0n) is 35.4. The molecule has 0 saturated heterocycles. The van der Waals surface area contributed by atoms with Crippen molar-refractivity contribution in [2.75, 3.05) is 0 Å². The Balaban J connectivity index is 1.26. The molecule has 0 aliphatic rings. The molecule has 66 heavy (non-hydrogen) atoms. The van der Waals surface area contributed by atoms with E-state index in [-0.39, 0.29) is 115 Å². The van der Waals surface area contributed by atoms with E-state index in [1.54, 1.807) is 0 Å². The summed E-state index contributed by atoms with van der Waals surface area (Å²) in [4.78, 5) is 0. The molecular weight excluding hydrogens is 778 g/mol. The summed E-state index contributed by atoms with van der Waals surface area (Å²) in [7, 11) is 108. The first kappa shape index (κ1) is 44.2. The smallest absolute Gasteiger partial charge is 0.115 e. The van der Waals surface area contributed by atoms with Crippen LogP contribution in [0.4, 0.5) is 0 Å². The second kappa shape index (κ2) is 16.0. The van der Waals surface area contributed by atoms with Crippen molar-refractivity contribution >= 4 is 257 Å². The Kier molecular flexibility index (Phi) is 10.7. The first-order chi connectivity index (χ1) is 31.5. The van der Waals surface area contributed by atoms with Crippen LogP contribution in [0.5, 0.6) is 0 Å². The van der Waals surface area contributed by atoms with E-state index in [0.29, 0.717) is 21.9 Å². The summed E-state index contributed by atoms with van der Waals surface area (Å²) in [6.07, 6.45) is 0. The highest BCUT2D eigenvalue weighted by Crippen LogP contribution is 2.36. The van der Waals surface area contributed by atoms with Gasteiger partial charge < -0.3 is 9.13 Å². The van der Waals surface area contributed by atoms with Crippen LogP contribution in [0, 0.1) is 0 Å². The highest BCUT2D eigenvalue weighted by Gasteiger charge is 2.28.